The van der Waals surface area contributed by atoms with E-state index in [0.717, 1.165) is 46.5 Å². The van der Waals surface area contributed by atoms with Gasteiger partial charge in [0.2, 0.25) is 0 Å². The van der Waals surface area contributed by atoms with Crippen molar-refractivity contribution in [3.8, 4) is 11.1 Å². The maximum absolute atomic E-state index is 4.81. The van der Waals surface area contributed by atoms with Gasteiger partial charge in [-0.3, -0.25) is 10.00 Å². The summed E-state index contributed by atoms with van der Waals surface area (Å²) in [5, 5.41) is 12.9. The molecule has 160 valence electrons. The van der Waals surface area contributed by atoms with Crippen molar-refractivity contribution in [2.24, 2.45) is 0 Å². The highest BCUT2D eigenvalue weighted by Crippen LogP contribution is 2.31. The summed E-state index contributed by atoms with van der Waals surface area (Å²) in [6, 6.07) is 6.90. The molecular weight excluding hydrogens is 388 g/mol. The largest absolute Gasteiger partial charge is 0.369 e. The first-order chi connectivity index (χ1) is 15.3. The van der Waals surface area contributed by atoms with Crippen LogP contribution in [0.5, 0.6) is 0 Å². The van der Waals surface area contributed by atoms with E-state index in [1.54, 1.807) is 0 Å². The normalized spacial score (nSPS) is 19.6. The summed E-state index contributed by atoms with van der Waals surface area (Å²) in [4.78, 5) is 12.4. The van der Waals surface area contributed by atoms with E-state index in [1.807, 2.05) is 35.2 Å². The molecule has 2 aliphatic heterocycles. The van der Waals surface area contributed by atoms with Crippen molar-refractivity contribution in [3.63, 3.8) is 0 Å². The van der Waals surface area contributed by atoms with Crippen molar-refractivity contribution in [1.29, 1.82) is 0 Å². The van der Waals surface area contributed by atoms with Crippen LogP contribution in [0.2, 0.25) is 0 Å². The van der Waals surface area contributed by atoms with E-state index in [2.05, 4.69) is 49.3 Å². The molecule has 6 rings (SSSR count). The fourth-order valence-electron chi connectivity index (χ4n) is 5.10. The first kappa shape index (κ1) is 18.8. The molecule has 31 heavy (non-hydrogen) atoms. The van der Waals surface area contributed by atoms with Crippen molar-refractivity contribution in [2.45, 2.75) is 18.9 Å². The molecule has 0 amide bonds. The Morgan fingerprint density at radius 2 is 1.77 bits per heavy atom. The number of benzene rings is 1. The summed E-state index contributed by atoms with van der Waals surface area (Å²) in [5.74, 6) is 0. The first-order valence-corrected chi connectivity index (χ1v) is 11.2. The van der Waals surface area contributed by atoms with Gasteiger partial charge in [-0.15, -0.1) is 0 Å². The number of anilines is 1. The Balaban J connectivity index is 1.21. The average molecular weight is 417 g/mol. The molecule has 0 unspecified atom stereocenters. The van der Waals surface area contributed by atoms with Gasteiger partial charge in [0.1, 0.15) is 0 Å². The van der Waals surface area contributed by atoms with E-state index in [9.17, 15) is 0 Å². The Hall–Kier alpha value is -2.97. The van der Waals surface area contributed by atoms with Crippen LogP contribution in [0, 0.1) is 0 Å². The van der Waals surface area contributed by atoms with Gasteiger partial charge in [0, 0.05) is 56.3 Å². The molecule has 0 bridgehead atoms. The molecule has 2 aliphatic rings. The van der Waals surface area contributed by atoms with Crippen LogP contribution >= 0.6 is 0 Å². The highest BCUT2D eigenvalue weighted by Gasteiger charge is 2.27. The SMILES string of the molecule is CN1CCN(C2CCN(c3cnc4c(-c5cccc6[nH]ncc56)cnn4c3)CC2)CC1. The van der Waals surface area contributed by atoms with Gasteiger partial charge in [0.05, 0.1) is 36.0 Å². The molecule has 1 N–H and O–H groups in total. The van der Waals surface area contributed by atoms with Crippen LogP contribution in [-0.2, 0) is 0 Å². The van der Waals surface area contributed by atoms with E-state index in [4.69, 9.17) is 4.98 Å². The van der Waals surface area contributed by atoms with Crippen LogP contribution in [0.15, 0.2) is 43.0 Å². The second-order valence-corrected chi connectivity index (χ2v) is 8.83. The van der Waals surface area contributed by atoms with Gasteiger partial charge < -0.3 is 9.80 Å². The highest BCUT2D eigenvalue weighted by molar-refractivity contribution is 5.97. The fourth-order valence-corrected chi connectivity index (χ4v) is 5.10. The van der Waals surface area contributed by atoms with E-state index in [0.29, 0.717) is 6.04 Å². The number of nitrogens with zero attached hydrogens (tertiary/aromatic N) is 7. The second kappa shape index (κ2) is 7.62. The van der Waals surface area contributed by atoms with Crippen LogP contribution < -0.4 is 4.90 Å². The summed E-state index contributed by atoms with van der Waals surface area (Å²) in [6.07, 6.45) is 10.3. The smallest absolute Gasteiger partial charge is 0.162 e. The molecule has 8 nitrogen and oxygen atoms in total. The van der Waals surface area contributed by atoms with Crippen LogP contribution in [0.3, 0.4) is 0 Å². The zero-order valence-corrected chi connectivity index (χ0v) is 17.9. The Labute approximate surface area is 181 Å². The topological polar surface area (TPSA) is 68.6 Å². The number of aromatic nitrogens is 5. The number of hydrogen-bond donors (Lipinski definition) is 1. The van der Waals surface area contributed by atoms with Crippen molar-refractivity contribution < 1.29 is 0 Å². The van der Waals surface area contributed by atoms with Crippen molar-refractivity contribution in [1.82, 2.24) is 34.6 Å². The molecule has 0 aliphatic carbocycles. The molecule has 8 heteroatoms. The minimum Gasteiger partial charge on any atom is -0.369 e. The van der Waals surface area contributed by atoms with Crippen molar-refractivity contribution >= 4 is 22.2 Å². The number of piperazine rings is 1. The third-order valence-electron chi connectivity index (χ3n) is 7.00. The number of piperidine rings is 1. The van der Waals surface area contributed by atoms with E-state index in [1.165, 1.54) is 39.0 Å². The monoisotopic (exact) mass is 416 g/mol. The minimum atomic E-state index is 0.716. The maximum atomic E-state index is 4.81. The molecule has 0 saturated carbocycles. The Kier molecular flexibility index (Phi) is 4.61. The van der Waals surface area contributed by atoms with Crippen LogP contribution in [0.4, 0.5) is 5.69 Å². The minimum absolute atomic E-state index is 0.716. The van der Waals surface area contributed by atoms with Crippen LogP contribution in [0.25, 0.3) is 27.7 Å². The van der Waals surface area contributed by atoms with Gasteiger partial charge in [0.25, 0.3) is 0 Å². The lowest BCUT2D eigenvalue weighted by molar-refractivity contribution is 0.0982. The zero-order chi connectivity index (χ0) is 20.8. The summed E-state index contributed by atoms with van der Waals surface area (Å²) in [6.45, 7) is 6.94. The van der Waals surface area contributed by atoms with Gasteiger partial charge in [-0.1, -0.05) is 12.1 Å². The number of rotatable bonds is 3. The quantitative estimate of drug-likeness (QED) is 0.553. The lowest BCUT2D eigenvalue weighted by atomic mass is 10.0. The molecule has 5 heterocycles. The number of aromatic amines is 1. The van der Waals surface area contributed by atoms with Gasteiger partial charge in [-0.2, -0.15) is 10.2 Å². The van der Waals surface area contributed by atoms with Gasteiger partial charge in [-0.25, -0.2) is 9.50 Å². The highest BCUT2D eigenvalue weighted by atomic mass is 15.3. The maximum Gasteiger partial charge on any atom is 0.162 e. The summed E-state index contributed by atoms with van der Waals surface area (Å²) < 4.78 is 1.91. The average Bonchev–Trinajstić information content (AvgIpc) is 3.46. The molecule has 2 saturated heterocycles. The fraction of sp³-hybridized carbons (Fsp3) is 0.435. The Bertz CT molecular complexity index is 1190. The van der Waals surface area contributed by atoms with Crippen molar-refractivity contribution in [2.75, 3.05) is 51.2 Å². The molecule has 2 fully saturated rings. The summed E-state index contributed by atoms with van der Waals surface area (Å²) in [5.41, 5.74) is 5.20. The predicted molar refractivity (Wildman–Crippen MR) is 122 cm³/mol. The molecule has 0 radical (unpaired) electrons. The third kappa shape index (κ3) is 3.36. The molecule has 0 atom stereocenters. The number of H-pyrrole nitrogens is 1. The summed E-state index contributed by atoms with van der Waals surface area (Å²) in [7, 11) is 2.22. The lowest BCUT2D eigenvalue weighted by Crippen LogP contribution is -2.52. The molecule has 3 aromatic heterocycles. The van der Waals surface area contributed by atoms with Crippen LogP contribution in [0.1, 0.15) is 12.8 Å². The number of likely N-dealkylation sites (N-methyl/N-ethyl adjacent to an activating group) is 1. The second-order valence-electron chi connectivity index (χ2n) is 8.83. The van der Waals surface area contributed by atoms with Gasteiger partial charge in [0.15, 0.2) is 5.65 Å². The number of nitrogens with one attached hydrogen (secondary N) is 1. The lowest BCUT2D eigenvalue weighted by Gasteiger charge is -2.42. The number of hydrogen-bond acceptors (Lipinski definition) is 6. The first-order valence-electron chi connectivity index (χ1n) is 11.2. The molecule has 4 aromatic rings. The van der Waals surface area contributed by atoms with E-state index >= 15 is 0 Å². The molecule has 0 spiro atoms. The van der Waals surface area contributed by atoms with Crippen molar-refractivity contribution in [3.05, 3.63) is 43.0 Å². The van der Waals surface area contributed by atoms with Gasteiger partial charge >= 0.3 is 0 Å². The number of fused-ring (bicyclic) bond motifs is 2. The Morgan fingerprint density at radius 1 is 0.935 bits per heavy atom. The standard InChI is InChI=1S/C23H28N8/c1-28-9-11-30(12-10-28)17-5-7-29(8-6-17)18-13-24-23-21(15-26-31(23)16-18)19-3-2-4-22-20(19)14-25-27-22/h2-4,13-17H,5-12H2,1H3,(H,25,27). The van der Waals surface area contributed by atoms with Gasteiger partial charge in [-0.05, 0) is 31.5 Å². The molecule has 1 aromatic carbocycles. The van der Waals surface area contributed by atoms with E-state index < -0.39 is 0 Å². The van der Waals surface area contributed by atoms with E-state index in [-0.39, 0.29) is 0 Å². The third-order valence-corrected chi connectivity index (χ3v) is 7.00. The summed E-state index contributed by atoms with van der Waals surface area (Å²) >= 11 is 0. The zero-order valence-electron chi connectivity index (χ0n) is 17.9. The molecular formula is C23H28N8. The predicted octanol–water partition coefficient (Wildman–Crippen LogP) is 2.49. The Morgan fingerprint density at radius 3 is 2.61 bits per heavy atom. The van der Waals surface area contributed by atoms with Crippen LogP contribution in [-0.4, -0.2) is 87.0 Å².